The van der Waals surface area contributed by atoms with Gasteiger partial charge in [0.15, 0.2) is 0 Å². The van der Waals surface area contributed by atoms with E-state index in [0.717, 1.165) is 0 Å². The quantitative estimate of drug-likeness (QED) is 0.297. The number of hydrogen-bond donors (Lipinski definition) is 1. The average molecular weight is 549 g/mol. The highest BCUT2D eigenvalue weighted by molar-refractivity contribution is 5.85. The smallest absolute Gasteiger partial charge is 0.280 e. The van der Waals surface area contributed by atoms with Crippen molar-refractivity contribution in [2.75, 3.05) is 30.8 Å². The van der Waals surface area contributed by atoms with Gasteiger partial charge in [-0.1, -0.05) is 0 Å². The number of rotatable bonds is 9. The summed E-state index contributed by atoms with van der Waals surface area (Å²) in [5.74, 6) is -0.103. The van der Waals surface area contributed by atoms with E-state index in [1.54, 1.807) is 51.0 Å². The van der Waals surface area contributed by atoms with E-state index in [1.165, 1.54) is 30.3 Å². The molecule has 0 saturated heterocycles. The van der Waals surface area contributed by atoms with Gasteiger partial charge < -0.3 is 15.4 Å². The van der Waals surface area contributed by atoms with Crippen LogP contribution >= 0.6 is 0 Å². The van der Waals surface area contributed by atoms with Crippen molar-refractivity contribution in [2.24, 2.45) is 0 Å². The molecule has 0 aliphatic rings. The first-order valence-electron chi connectivity index (χ1n) is 12.3. The Hall–Kier alpha value is -4.79. The standard InChI is InChI=1S/C28H27F3N8O/c1-16-13-18(14-20(35-16)24(30)31)22-23(17-5-7-19(29)8-6-17)37-26(33)38-25(22)40-12-11-39(4)27-34-10-9-21(36-27)28(2,3)15-32/h5-10,13-14,24H,11-12H2,1-4H3,(H2,33,37,38). The lowest BCUT2D eigenvalue weighted by Gasteiger charge is -2.21. The number of likely N-dealkylation sites (N-methyl/N-ethyl adjacent to an activating group) is 1. The maximum absolute atomic E-state index is 13.7. The molecule has 0 amide bonds. The lowest BCUT2D eigenvalue weighted by molar-refractivity contribution is 0.146. The molecule has 4 rings (SSSR count). The molecule has 0 bridgehead atoms. The number of nitriles is 1. The van der Waals surface area contributed by atoms with Gasteiger partial charge in [0.25, 0.3) is 6.43 Å². The molecular formula is C28H27F3N8O. The molecule has 9 nitrogen and oxygen atoms in total. The van der Waals surface area contributed by atoms with Crippen molar-refractivity contribution in [1.82, 2.24) is 24.9 Å². The molecule has 1 aromatic carbocycles. The molecule has 0 radical (unpaired) electrons. The van der Waals surface area contributed by atoms with Gasteiger partial charge in [0.1, 0.15) is 18.1 Å². The Morgan fingerprint density at radius 3 is 2.45 bits per heavy atom. The minimum atomic E-state index is -2.80. The number of nitrogens with two attached hydrogens (primary N) is 1. The van der Waals surface area contributed by atoms with Crippen LogP contribution in [0.1, 0.15) is 37.4 Å². The van der Waals surface area contributed by atoms with Crippen LogP contribution in [0.15, 0.2) is 48.7 Å². The number of aromatic nitrogens is 5. The van der Waals surface area contributed by atoms with E-state index < -0.39 is 23.4 Å². The summed E-state index contributed by atoms with van der Waals surface area (Å²) < 4.78 is 47.0. The zero-order chi connectivity index (χ0) is 29.0. The molecule has 3 heterocycles. The van der Waals surface area contributed by atoms with E-state index in [1.807, 2.05) is 0 Å². The first-order chi connectivity index (χ1) is 19.0. The Morgan fingerprint density at radius 2 is 1.77 bits per heavy atom. The van der Waals surface area contributed by atoms with E-state index in [9.17, 15) is 18.4 Å². The molecule has 2 N–H and O–H groups in total. The summed E-state index contributed by atoms with van der Waals surface area (Å²) in [6.07, 6.45) is -1.22. The Kier molecular flexibility index (Phi) is 8.13. The zero-order valence-corrected chi connectivity index (χ0v) is 22.4. The van der Waals surface area contributed by atoms with Gasteiger partial charge in [-0.15, -0.1) is 0 Å². The van der Waals surface area contributed by atoms with Crippen LogP contribution < -0.4 is 15.4 Å². The number of alkyl halides is 2. The number of aryl methyl sites for hydroxylation is 1. The van der Waals surface area contributed by atoms with Gasteiger partial charge >= 0.3 is 0 Å². The van der Waals surface area contributed by atoms with Crippen molar-refractivity contribution in [3.8, 4) is 34.3 Å². The Morgan fingerprint density at radius 1 is 1.05 bits per heavy atom. The molecule has 4 aromatic rings. The zero-order valence-electron chi connectivity index (χ0n) is 22.4. The summed E-state index contributed by atoms with van der Waals surface area (Å²) >= 11 is 0. The summed E-state index contributed by atoms with van der Waals surface area (Å²) in [6.45, 7) is 5.53. The van der Waals surface area contributed by atoms with Crippen molar-refractivity contribution in [3.05, 3.63) is 71.6 Å². The molecule has 0 spiro atoms. The van der Waals surface area contributed by atoms with Gasteiger partial charge in [-0.05, 0) is 68.8 Å². The summed E-state index contributed by atoms with van der Waals surface area (Å²) in [7, 11) is 1.77. The molecule has 12 heteroatoms. The van der Waals surface area contributed by atoms with Crippen LogP contribution in [0.5, 0.6) is 5.88 Å². The van der Waals surface area contributed by atoms with Crippen LogP contribution in [0.3, 0.4) is 0 Å². The van der Waals surface area contributed by atoms with Gasteiger partial charge in [0, 0.05) is 24.5 Å². The average Bonchev–Trinajstić information content (AvgIpc) is 2.92. The highest BCUT2D eigenvalue weighted by Crippen LogP contribution is 2.39. The minimum absolute atomic E-state index is 0.0614. The predicted molar refractivity (Wildman–Crippen MR) is 144 cm³/mol. The first kappa shape index (κ1) is 28.2. The summed E-state index contributed by atoms with van der Waals surface area (Å²) in [6, 6.07) is 12.3. The van der Waals surface area contributed by atoms with E-state index in [4.69, 9.17) is 10.5 Å². The second kappa shape index (κ2) is 11.5. The van der Waals surface area contributed by atoms with E-state index >= 15 is 0 Å². The van der Waals surface area contributed by atoms with Gasteiger partial charge in [0.2, 0.25) is 17.8 Å². The third-order valence-electron chi connectivity index (χ3n) is 6.07. The fraction of sp³-hybridized carbons (Fsp3) is 0.286. The lowest BCUT2D eigenvalue weighted by atomic mass is 9.91. The lowest BCUT2D eigenvalue weighted by Crippen LogP contribution is -2.27. The molecule has 0 atom stereocenters. The normalized spacial score (nSPS) is 11.4. The number of pyridine rings is 1. The second-order valence-corrected chi connectivity index (χ2v) is 9.59. The topological polar surface area (TPSA) is 127 Å². The molecule has 0 aliphatic heterocycles. The highest BCUT2D eigenvalue weighted by Gasteiger charge is 2.24. The van der Waals surface area contributed by atoms with Crippen molar-refractivity contribution in [2.45, 2.75) is 32.6 Å². The van der Waals surface area contributed by atoms with Crippen LogP contribution in [0, 0.1) is 24.1 Å². The Labute approximate surface area is 229 Å². The fourth-order valence-electron chi connectivity index (χ4n) is 3.91. The molecule has 0 aliphatic carbocycles. The van der Waals surface area contributed by atoms with E-state index in [2.05, 4.69) is 31.0 Å². The summed E-state index contributed by atoms with van der Waals surface area (Å²) in [5.41, 5.74) is 7.17. The molecule has 0 fully saturated rings. The van der Waals surface area contributed by atoms with Crippen LogP contribution in [-0.4, -0.2) is 45.1 Å². The number of ether oxygens (including phenoxy) is 1. The Balaban J connectivity index is 1.70. The fourth-order valence-corrected chi connectivity index (χ4v) is 3.91. The van der Waals surface area contributed by atoms with Crippen molar-refractivity contribution in [3.63, 3.8) is 0 Å². The van der Waals surface area contributed by atoms with Crippen LogP contribution in [0.4, 0.5) is 25.1 Å². The van der Waals surface area contributed by atoms with Crippen molar-refractivity contribution >= 4 is 11.9 Å². The van der Waals surface area contributed by atoms with Crippen molar-refractivity contribution in [1.29, 1.82) is 5.26 Å². The molecule has 206 valence electrons. The molecule has 0 unspecified atom stereocenters. The first-order valence-corrected chi connectivity index (χ1v) is 12.3. The largest absolute Gasteiger partial charge is 0.475 e. The molecular weight excluding hydrogens is 521 g/mol. The van der Waals surface area contributed by atoms with Crippen LogP contribution in [0.25, 0.3) is 22.4 Å². The van der Waals surface area contributed by atoms with Gasteiger partial charge in [-0.3, -0.25) is 4.98 Å². The van der Waals surface area contributed by atoms with E-state index in [0.29, 0.717) is 40.6 Å². The number of nitrogen functional groups attached to an aromatic ring is 1. The second-order valence-electron chi connectivity index (χ2n) is 9.59. The summed E-state index contributed by atoms with van der Waals surface area (Å²) in [5, 5.41) is 9.44. The van der Waals surface area contributed by atoms with Crippen LogP contribution in [0.2, 0.25) is 0 Å². The molecule has 0 saturated carbocycles. The number of halogens is 3. The third kappa shape index (κ3) is 6.26. The van der Waals surface area contributed by atoms with Crippen LogP contribution in [-0.2, 0) is 5.41 Å². The SMILES string of the molecule is Cc1cc(-c2c(OCCN(C)c3nccc(C(C)(C)C#N)n3)nc(N)nc2-c2ccc(F)cc2)cc(C(F)F)n1. The maximum Gasteiger partial charge on any atom is 0.280 e. The monoisotopic (exact) mass is 548 g/mol. The number of nitrogens with zero attached hydrogens (tertiary/aromatic N) is 7. The van der Waals surface area contributed by atoms with Gasteiger partial charge in [-0.2, -0.15) is 10.2 Å². The predicted octanol–water partition coefficient (Wildman–Crippen LogP) is 5.28. The minimum Gasteiger partial charge on any atom is -0.475 e. The van der Waals surface area contributed by atoms with E-state index in [-0.39, 0.29) is 24.1 Å². The third-order valence-corrected chi connectivity index (χ3v) is 6.07. The number of benzene rings is 1. The maximum atomic E-state index is 13.7. The van der Waals surface area contributed by atoms with Gasteiger partial charge in [0.05, 0.1) is 35.0 Å². The van der Waals surface area contributed by atoms with Crippen molar-refractivity contribution < 1.29 is 17.9 Å². The van der Waals surface area contributed by atoms with Gasteiger partial charge in [-0.25, -0.2) is 28.1 Å². The molecule has 3 aromatic heterocycles. The summed E-state index contributed by atoms with van der Waals surface area (Å²) in [4.78, 5) is 23.1. The molecule has 40 heavy (non-hydrogen) atoms. The Bertz CT molecular complexity index is 1550. The number of hydrogen-bond acceptors (Lipinski definition) is 9. The number of anilines is 2. The highest BCUT2D eigenvalue weighted by atomic mass is 19.3.